The van der Waals surface area contributed by atoms with Crippen molar-refractivity contribution in [3.8, 4) is 50.2 Å². The topological polar surface area (TPSA) is 8.17 Å². The molecule has 0 aliphatic heterocycles. The highest BCUT2D eigenvalue weighted by atomic mass is 15.2. The van der Waals surface area contributed by atoms with Crippen molar-refractivity contribution in [1.82, 2.24) is 4.57 Å². The molecule has 0 fully saturated rings. The van der Waals surface area contributed by atoms with Crippen LogP contribution in [0.1, 0.15) is 79.0 Å². The molecule has 1 heterocycles. The lowest BCUT2D eigenvalue weighted by Gasteiger charge is -2.34. The van der Waals surface area contributed by atoms with Gasteiger partial charge in [0.2, 0.25) is 0 Å². The van der Waals surface area contributed by atoms with Gasteiger partial charge in [0.25, 0.3) is 0 Å². The van der Waals surface area contributed by atoms with Crippen molar-refractivity contribution >= 4 is 71.2 Å². The van der Waals surface area contributed by atoms with E-state index in [4.69, 9.17) is 0 Å². The van der Waals surface area contributed by atoms with Crippen molar-refractivity contribution in [2.75, 3.05) is 4.90 Å². The normalized spacial score (nSPS) is 12.4. The van der Waals surface area contributed by atoms with Gasteiger partial charge in [0.05, 0.1) is 33.8 Å². The van der Waals surface area contributed by atoms with Crippen LogP contribution in [0.15, 0.2) is 237 Å². The van der Waals surface area contributed by atoms with Crippen molar-refractivity contribution in [2.24, 2.45) is 0 Å². The van der Waals surface area contributed by atoms with Crippen LogP contribution in [0.5, 0.6) is 0 Å². The highest BCUT2D eigenvalue weighted by molar-refractivity contribution is 6.28. The number of hydrogen-bond donors (Lipinski definition) is 0. The molecule has 0 spiro atoms. The van der Waals surface area contributed by atoms with Crippen molar-refractivity contribution in [3.63, 3.8) is 0 Å². The van der Waals surface area contributed by atoms with Gasteiger partial charge < -0.3 is 9.47 Å². The highest BCUT2D eigenvalue weighted by Crippen LogP contribution is 2.53. The second-order valence-corrected chi connectivity index (χ2v) is 24.6. The monoisotopic (exact) mass is 1010 g/mol. The molecule has 0 atom stereocenters. The van der Waals surface area contributed by atoms with Gasteiger partial charge in [-0.15, -0.1) is 0 Å². The van der Waals surface area contributed by atoms with Gasteiger partial charge in [-0.05, 0) is 113 Å². The van der Waals surface area contributed by atoms with Crippen LogP contribution in [0.3, 0.4) is 0 Å². The number of fused-ring (bicyclic) bond motifs is 3. The number of anilines is 3. The van der Waals surface area contributed by atoms with E-state index >= 15 is 0 Å². The van der Waals surface area contributed by atoms with E-state index < -0.39 is 0 Å². The predicted octanol–water partition coefficient (Wildman–Crippen LogP) is 21.7. The number of aromatic nitrogens is 1. The third-order valence-corrected chi connectivity index (χ3v) is 16.4. The molecule has 0 unspecified atom stereocenters. The van der Waals surface area contributed by atoms with Crippen LogP contribution < -0.4 is 4.90 Å². The van der Waals surface area contributed by atoms with E-state index in [1.54, 1.807) is 0 Å². The number of hydrogen-bond acceptors (Lipinski definition) is 1. The molecule has 0 amide bonds. The smallest absolute Gasteiger partial charge is 0.0618 e. The number of nitrogens with zero attached hydrogens (tertiary/aromatic N) is 2. The van der Waals surface area contributed by atoms with Crippen LogP contribution in [0, 0.1) is 0 Å². The average molecular weight is 1010 g/mol. The van der Waals surface area contributed by atoms with E-state index in [1.807, 2.05) is 0 Å². The van der Waals surface area contributed by atoms with E-state index in [0.29, 0.717) is 0 Å². The fourth-order valence-electron chi connectivity index (χ4n) is 12.1. The minimum Gasteiger partial charge on any atom is -0.309 e. The molecule has 0 radical (unpaired) electrons. The van der Waals surface area contributed by atoms with Crippen LogP contribution in [0.4, 0.5) is 17.1 Å². The minimum absolute atomic E-state index is 0.0114. The molecular formula is C76H66N2. The Bertz CT molecular complexity index is 4260. The van der Waals surface area contributed by atoms with Crippen LogP contribution in [-0.2, 0) is 16.2 Å². The molecule has 380 valence electrons. The van der Waals surface area contributed by atoms with Crippen LogP contribution in [0.2, 0.25) is 0 Å². The zero-order valence-corrected chi connectivity index (χ0v) is 46.4. The molecule has 13 aromatic rings. The van der Waals surface area contributed by atoms with Crippen molar-refractivity contribution in [3.05, 3.63) is 253 Å². The van der Waals surface area contributed by atoms with Gasteiger partial charge in [-0.1, -0.05) is 269 Å². The van der Waals surface area contributed by atoms with Crippen molar-refractivity contribution in [1.29, 1.82) is 0 Å². The van der Waals surface area contributed by atoms with Gasteiger partial charge in [-0.2, -0.15) is 0 Å². The zero-order chi connectivity index (χ0) is 53.7. The van der Waals surface area contributed by atoms with Gasteiger partial charge in [-0.25, -0.2) is 0 Å². The molecule has 2 heteroatoms. The van der Waals surface area contributed by atoms with Gasteiger partial charge in [0.1, 0.15) is 0 Å². The molecule has 12 aromatic carbocycles. The maximum Gasteiger partial charge on any atom is 0.0618 e. The van der Waals surface area contributed by atoms with Crippen LogP contribution in [-0.4, -0.2) is 4.57 Å². The standard InChI is InChI=1S/C76H66N2/c1-74(2,3)56-39-42-59(52-33-31-49(32-34-52)55-45-57(75(4,5)6)47-58(46-55)76(7,8)9)70(48-56)78(73-60(50-21-12-10-13-22-50)27-20-28-61(73)51-23-14-11-15-24-51)69-44-38-54-35-40-64-68(43-37-53-36-41-65(69)72(54)71(53)64)77-66-29-18-16-25-62(66)63-26-17-19-30-67(63)77/h10-48H,1-9H3. The summed E-state index contributed by atoms with van der Waals surface area (Å²) in [6.45, 7) is 20.9. The molecule has 2 nitrogen and oxygen atoms in total. The SMILES string of the molecule is CC(C)(C)c1cc(-c2ccc(-c3ccc(C(C)(C)C)cc3N(c3c(-c4ccccc4)cccc3-c3ccccc3)c3ccc4ccc5c(-n6c7ccccc7c7ccccc76)ccc6ccc3c4c65)cc2)cc(C(C)(C)C)c1. The Morgan fingerprint density at radius 3 is 1.33 bits per heavy atom. The Kier molecular flexibility index (Phi) is 11.6. The number of rotatable bonds is 8. The summed E-state index contributed by atoms with van der Waals surface area (Å²) >= 11 is 0. The first-order valence-electron chi connectivity index (χ1n) is 27.7. The summed E-state index contributed by atoms with van der Waals surface area (Å²) in [5.41, 5.74) is 20.3. The van der Waals surface area contributed by atoms with Crippen molar-refractivity contribution < 1.29 is 0 Å². The van der Waals surface area contributed by atoms with Gasteiger partial charge in [0, 0.05) is 38.2 Å². The quantitative estimate of drug-likeness (QED) is 0.138. The largest absolute Gasteiger partial charge is 0.309 e. The maximum atomic E-state index is 2.63. The fourth-order valence-corrected chi connectivity index (χ4v) is 12.1. The van der Waals surface area contributed by atoms with E-state index in [1.165, 1.54) is 87.6 Å². The Morgan fingerprint density at radius 1 is 0.295 bits per heavy atom. The molecule has 0 aliphatic rings. The van der Waals surface area contributed by atoms with Crippen LogP contribution >= 0.6 is 0 Å². The first-order chi connectivity index (χ1) is 37.6. The number of para-hydroxylation sites is 3. The molecule has 0 aliphatic carbocycles. The van der Waals surface area contributed by atoms with E-state index in [2.05, 4.69) is 308 Å². The first-order valence-corrected chi connectivity index (χ1v) is 27.7. The zero-order valence-electron chi connectivity index (χ0n) is 46.4. The molecule has 13 rings (SSSR count). The summed E-state index contributed by atoms with van der Waals surface area (Å²) in [6, 6.07) is 89.2. The molecule has 1 aromatic heterocycles. The summed E-state index contributed by atoms with van der Waals surface area (Å²) in [5.74, 6) is 0. The second kappa shape index (κ2) is 18.5. The molecule has 0 bridgehead atoms. The minimum atomic E-state index is -0.140. The van der Waals surface area contributed by atoms with Crippen molar-refractivity contribution in [2.45, 2.75) is 78.6 Å². The average Bonchev–Trinajstić information content (AvgIpc) is 3.97. The van der Waals surface area contributed by atoms with Gasteiger partial charge in [0.15, 0.2) is 0 Å². The molecule has 0 saturated heterocycles. The Morgan fingerprint density at radius 2 is 0.769 bits per heavy atom. The second-order valence-electron chi connectivity index (χ2n) is 24.6. The molecule has 0 N–H and O–H groups in total. The maximum absolute atomic E-state index is 2.63. The third-order valence-electron chi connectivity index (χ3n) is 16.4. The predicted molar refractivity (Wildman–Crippen MR) is 337 cm³/mol. The third kappa shape index (κ3) is 8.34. The molecular weight excluding hydrogens is 941 g/mol. The van der Waals surface area contributed by atoms with E-state index in [-0.39, 0.29) is 16.2 Å². The van der Waals surface area contributed by atoms with Crippen LogP contribution in [0.25, 0.3) is 104 Å². The molecule has 78 heavy (non-hydrogen) atoms. The highest BCUT2D eigenvalue weighted by Gasteiger charge is 2.29. The Hall–Kier alpha value is -8.72. The fraction of sp³-hybridized carbons (Fsp3) is 0.158. The molecule has 0 saturated carbocycles. The summed E-state index contributed by atoms with van der Waals surface area (Å²) in [4.78, 5) is 2.63. The lowest BCUT2D eigenvalue weighted by molar-refractivity contribution is 0.569. The van der Waals surface area contributed by atoms with Gasteiger partial charge >= 0.3 is 0 Å². The summed E-state index contributed by atoms with van der Waals surface area (Å²) in [5, 5.41) is 9.93. The first kappa shape index (κ1) is 48.9. The number of benzene rings is 12. The summed E-state index contributed by atoms with van der Waals surface area (Å²) in [6.07, 6.45) is 0. The van der Waals surface area contributed by atoms with E-state index in [9.17, 15) is 0 Å². The van der Waals surface area contributed by atoms with E-state index in [0.717, 1.165) is 50.4 Å². The van der Waals surface area contributed by atoms with Gasteiger partial charge in [-0.3, -0.25) is 0 Å². The Balaban J connectivity index is 1.11. The summed E-state index contributed by atoms with van der Waals surface area (Å²) < 4.78 is 2.48. The lowest BCUT2D eigenvalue weighted by Crippen LogP contribution is -2.17. The Labute approximate surface area is 460 Å². The summed E-state index contributed by atoms with van der Waals surface area (Å²) in [7, 11) is 0. The lowest BCUT2D eigenvalue weighted by atomic mass is 9.79.